The monoisotopic (exact) mass is 202 g/mol. The second-order valence-corrected chi connectivity index (χ2v) is 9.77. The van der Waals surface area contributed by atoms with Crippen LogP contribution in [0.1, 0.15) is 41.5 Å². The van der Waals surface area contributed by atoms with Crippen molar-refractivity contribution in [3.05, 3.63) is 0 Å². The van der Waals surface area contributed by atoms with E-state index in [-0.39, 0.29) is 5.54 Å². The molecule has 0 rings (SSSR count). The van der Waals surface area contributed by atoms with Crippen molar-refractivity contribution >= 4 is 8.24 Å². The molecule has 0 spiro atoms. The summed E-state index contributed by atoms with van der Waals surface area (Å²) in [7, 11) is -1.19. The van der Waals surface area contributed by atoms with Crippen LogP contribution in [-0.2, 0) is 0 Å². The number of hydrogen-bond acceptors (Lipinski definition) is 2. The maximum Gasteiger partial charge on any atom is 0.140 e. The largest absolute Gasteiger partial charge is 0.278 e. The van der Waals surface area contributed by atoms with E-state index < -0.39 is 8.24 Å². The normalized spacial score (nSPS) is 13.4. The average molecular weight is 202 g/mol. The molecule has 0 saturated carbocycles. The first kappa shape index (κ1) is 13.1. The molecule has 0 amide bonds. The lowest BCUT2D eigenvalue weighted by Crippen LogP contribution is -2.60. The second-order valence-electron chi connectivity index (χ2n) is 4.84. The topological polar surface area (TPSA) is 24.1 Å². The predicted octanol–water partition coefficient (Wildman–Crippen LogP) is 2.88. The van der Waals surface area contributed by atoms with Crippen molar-refractivity contribution in [1.29, 1.82) is 0 Å². The molecule has 0 aromatic rings. The van der Waals surface area contributed by atoms with Gasteiger partial charge in [0.25, 0.3) is 0 Å². The third-order valence-corrected chi connectivity index (χ3v) is 7.45. The Labute approximate surface area is 84.6 Å². The first-order valence-corrected chi connectivity index (χ1v) is 8.05. The summed E-state index contributed by atoms with van der Waals surface area (Å²) in [5, 5.41) is 3.61. The minimum Gasteiger partial charge on any atom is -0.278 e. The summed E-state index contributed by atoms with van der Waals surface area (Å²) in [5.41, 5.74) is 3.61. The molecule has 0 atom stereocenters. The highest BCUT2D eigenvalue weighted by Gasteiger charge is 2.27. The fourth-order valence-electron chi connectivity index (χ4n) is 1.34. The highest BCUT2D eigenvalue weighted by atomic mass is 28.3. The molecule has 0 aliphatic rings. The molecule has 0 aliphatic heterocycles. The zero-order valence-electron chi connectivity index (χ0n) is 10.1. The molecule has 0 bridgehead atoms. The van der Waals surface area contributed by atoms with E-state index in [9.17, 15) is 0 Å². The van der Waals surface area contributed by atoms with Gasteiger partial charge in [-0.15, -0.1) is 0 Å². The van der Waals surface area contributed by atoms with E-state index in [4.69, 9.17) is 0 Å². The Bertz CT molecular complexity index is 128. The van der Waals surface area contributed by atoms with E-state index in [1.54, 1.807) is 0 Å². The Morgan fingerprint density at radius 2 is 1.31 bits per heavy atom. The Hall–Kier alpha value is 0.137. The molecule has 0 aromatic heterocycles. The highest BCUT2D eigenvalue weighted by molar-refractivity contribution is 6.77. The Morgan fingerprint density at radius 1 is 0.923 bits per heavy atom. The van der Waals surface area contributed by atoms with Crippen LogP contribution in [0.3, 0.4) is 0 Å². The summed E-state index contributed by atoms with van der Waals surface area (Å²) >= 11 is 0. The van der Waals surface area contributed by atoms with Crippen molar-refractivity contribution in [2.75, 3.05) is 0 Å². The van der Waals surface area contributed by atoms with Crippen LogP contribution in [0.15, 0.2) is 0 Å². The predicted molar refractivity (Wildman–Crippen MR) is 63.2 cm³/mol. The van der Waals surface area contributed by atoms with Gasteiger partial charge in [-0.3, -0.25) is 10.5 Å². The summed E-state index contributed by atoms with van der Waals surface area (Å²) in [6, 6.07) is 3.93. The summed E-state index contributed by atoms with van der Waals surface area (Å²) in [5.74, 6) is 0. The smallest absolute Gasteiger partial charge is 0.140 e. The van der Waals surface area contributed by atoms with Gasteiger partial charge < -0.3 is 0 Å². The number of nitrogens with one attached hydrogen (secondary N) is 2. The van der Waals surface area contributed by atoms with Gasteiger partial charge in [-0.2, -0.15) is 0 Å². The van der Waals surface area contributed by atoms with Crippen molar-refractivity contribution < 1.29 is 0 Å². The lowest BCUT2D eigenvalue weighted by Gasteiger charge is -2.34. The molecular weight excluding hydrogens is 176 g/mol. The zero-order valence-corrected chi connectivity index (χ0v) is 11.1. The fourth-order valence-corrected chi connectivity index (χ4v) is 4.01. The van der Waals surface area contributed by atoms with Crippen LogP contribution in [0.4, 0.5) is 0 Å². The van der Waals surface area contributed by atoms with Gasteiger partial charge in [-0.05, 0) is 38.9 Å². The Morgan fingerprint density at radius 3 is 1.54 bits per heavy atom. The van der Waals surface area contributed by atoms with Gasteiger partial charge in [0.15, 0.2) is 0 Å². The molecule has 0 aromatic carbocycles. The molecule has 80 valence electrons. The van der Waals surface area contributed by atoms with Crippen LogP contribution in [0.5, 0.6) is 0 Å². The lowest BCUT2D eigenvalue weighted by molar-refractivity contribution is 0.402. The molecule has 0 aliphatic carbocycles. The minimum absolute atomic E-state index is 0.178. The fraction of sp³-hybridized carbons (Fsp3) is 1.00. The van der Waals surface area contributed by atoms with Crippen LogP contribution in [0, 0.1) is 0 Å². The van der Waals surface area contributed by atoms with E-state index in [0.29, 0.717) is 0 Å². The number of hydrazine groups is 1. The quantitative estimate of drug-likeness (QED) is 0.529. The van der Waals surface area contributed by atoms with Gasteiger partial charge in [-0.1, -0.05) is 20.8 Å². The van der Waals surface area contributed by atoms with Gasteiger partial charge in [0.05, 0.1) is 0 Å². The van der Waals surface area contributed by atoms with Crippen LogP contribution in [-0.4, -0.2) is 13.8 Å². The molecule has 0 saturated heterocycles. The summed E-state index contributed by atoms with van der Waals surface area (Å²) in [4.78, 5) is 0. The summed E-state index contributed by atoms with van der Waals surface area (Å²) in [6.45, 7) is 13.5. The Balaban J connectivity index is 4.11. The molecule has 2 N–H and O–H groups in total. The van der Waals surface area contributed by atoms with Gasteiger partial charge >= 0.3 is 0 Å². The van der Waals surface area contributed by atoms with Crippen molar-refractivity contribution in [3.8, 4) is 0 Å². The van der Waals surface area contributed by atoms with E-state index in [1.807, 2.05) is 0 Å². The molecule has 3 heteroatoms. The standard InChI is InChI=1S/C10H26N2Si/c1-7-13(8-2,9-3)12-11-10(4,5)6/h11-12H,7-9H2,1-6H3. The van der Waals surface area contributed by atoms with Crippen LogP contribution < -0.4 is 10.5 Å². The van der Waals surface area contributed by atoms with E-state index in [2.05, 4.69) is 52.1 Å². The van der Waals surface area contributed by atoms with Crippen LogP contribution >= 0.6 is 0 Å². The van der Waals surface area contributed by atoms with E-state index in [0.717, 1.165) is 0 Å². The first-order chi connectivity index (χ1) is 5.89. The highest BCUT2D eigenvalue weighted by Crippen LogP contribution is 2.16. The molecule has 0 fully saturated rings. The Kier molecular flexibility index (Phi) is 5.18. The maximum absolute atomic E-state index is 3.61. The molecule has 0 radical (unpaired) electrons. The SMILES string of the molecule is CC[Si](CC)(CC)NNC(C)(C)C. The van der Waals surface area contributed by atoms with Crippen molar-refractivity contribution in [3.63, 3.8) is 0 Å². The van der Waals surface area contributed by atoms with Crippen molar-refractivity contribution in [2.45, 2.75) is 65.2 Å². The second kappa shape index (κ2) is 5.13. The first-order valence-electron chi connectivity index (χ1n) is 5.43. The molecule has 13 heavy (non-hydrogen) atoms. The van der Waals surface area contributed by atoms with Crippen molar-refractivity contribution in [2.24, 2.45) is 0 Å². The average Bonchev–Trinajstić information content (AvgIpc) is 2.06. The van der Waals surface area contributed by atoms with E-state index >= 15 is 0 Å². The van der Waals surface area contributed by atoms with Crippen molar-refractivity contribution in [1.82, 2.24) is 10.5 Å². The third kappa shape index (κ3) is 4.79. The maximum atomic E-state index is 3.61. The summed E-state index contributed by atoms with van der Waals surface area (Å²) in [6.07, 6.45) is 0. The zero-order chi connectivity index (χ0) is 10.5. The van der Waals surface area contributed by atoms with Gasteiger partial charge in [0, 0.05) is 5.54 Å². The van der Waals surface area contributed by atoms with Crippen LogP contribution in [0.2, 0.25) is 18.1 Å². The van der Waals surface area contributed by atoms with Gasteiger partial charge in [-0.25, -0.2) is 0 Å². The van der Waals surface area contributed by atoms with Crippen LogP contribution in [0.25, 0.3) is 0 Å². The third-order valence-electron chi connectivity index (χ3n) is 2.73. The molecule has 2 nitrogen and oxygen atoms in total. The molecule has 0 unspecified atom stereocenters. The van der Waals surface area contributed by atoms with Gasteiger partial charge in [0.1, 0.15) is 8.24 Å². The summed E-state index contributed by atoms with van der Waals surface area (Å²) < 4.78 is 0. The molecular formula is C10H26N2Si. The van der Waals surface area contributed by atoms with E-state index in [1.165, 1.54) is 18.1 Å². The van der Waals surface area contributed by atoms with Gasteiger partial charge in [0.2, 0.25) is 0 Å². The molecule has 0 heterocycles. The number of hydrogen-bond donors (Lipinski definition) is 2. The lowest BCUT2D eigenvalue weighted by atomic mass is 10.1. The number of rotatable bonds is 5. The minimum atomic E-state index is -1.19.